The van der Waals surface area contributed by atoms with Crippen LogP contribution in [0.3, 0.4) is 0 Å². The highest BCUT2D eigenvalue weighted by Gasteiger charge is 2.41. The lowest BCUT2D eigenvalue weighted by molar-refractivity contribution is -0.139. The van der Waals surface area contributed by atoms with Crippen molar-refractivity contribution >= 4 is 22.7 Å². The first kappa shape index (κ1) is 20.8. The summed E-state index contributed by atoms with van der Waals surface area (Å²) in [7, 11) is 0. The molecule has 3 aromatic rings. The van der Waals surface area contributed by atoms with Crippen LogP contribution < -0.4 is 11.3 Å². The van der Waals surface area contributed by atoms with E-state index in [1.807, 2.05) is 36.4 Å². The van der Waals surface area contributed by atoms with Crippen LogP contribution in [0.5, 0.6) is 0 Å². The van der Waals surface area contributed by atoms with Gasteiger partial charge in [0.25, 0.3) is 5.56 Å². The molecule has 160 valence electrons. The molecule has 1 fully saturated rings. The first-order valence-corrected chi connectivity index (χ1v) is 10.5. The van der Waals surface area contributed by atoms with Gasteiger partial charge in [0.2, 0.25) is 11.8 Å². The third-order valence-electron chi connectivity index (χ3n) is 6.27. The smallest absolute Gasteiger partial charge is 0.261 e. The summed E-state index contributed by atoms with van der Waals surface area (Å²) in [6, 6.07) is 17.0. The summed E-state index contributed by atoms with van der Waals surface area (Å²) >= 11 is 0. The van der Waals surface area contributed by atoms with Gasteiger partial charge in [-0.1, -0.05) is 42.5 Å². The highest BCUT2D eigenvalue weighted by atomic mass is 16.2. The average molecular weight is 418 g/mol. The molecule has 0 spiro atoms. The zero-order valence-electron chi connectivity index (χ0n) is 17.4. The van der Waals surface area contributed by atoms with Crippen molar-refractivity contribution in [2.45, 2.75) is 32.2 Å². The van der Waals surface area contributed by atoms with Gasteiger partial charge >= 0.3 is 0 Å². The van der Waals surface area contributed by atoms with E-state index in [4.69, 9.17) is 5.73 Å². The molecule has 2 aromatic carbocycles. The summed E-state index contributed by atoms with van der Waals surface area (Å²) in [5, 5.41) is 0.512. The van der Waals surface area contributed by atoms with Crippen molar-refractivity contribution in [1.29, 1.82) is 0 Å². The molecule has 1 aliphatic rings. The molecule has 2 amide bonds. The van der Waals surface area contributed by atoms with Gasteiger partial charge in [0.1, 0.15) is 0 Å². The molecular weight excluding hydrogens is 392 g/mol. The number of aromatic nitrogens is 2. The molecule has 4 rings (SSSR count). The number of likely N-dealkylation sites (tertiary alicyclic amines) is 1. The molecular formula is C24H26N4O3. The van der Waals surface area contributed by atoms with Gasteiger partial charge < -0.3 is 10.6 Å². The number of carbonyl (C=O) groups excluding carboxylic acids is 2. The molecule has 0 unspecified atom stereocenters. The Labute approximate surface area is 180 Å². The van der Waals surface area contributed by atoms with Gasteiger partial charge in [-0.3, -0.25) is 19.0 Å². The Bertz CT molecular complexity index is 1150. The van der Waals surface area contributed by atoms with E-state index < -0.39 is 11.3 Å². The molecule has 0 saturated carbocycles. The third kappa shape index (κ3) is 4.35. The van der Waals surface area contributed by atoms with E-state index in [0.717, 1.165) is 5.56 Å². The van der Waals surface area contributed by atoms with E-state index in [0.29, 0.717) is 49.7 Å². The van der Waals surface area contributed by atoms with Crippen LogP contribution in [0.1, 0.15) is 24.8 Å². The standard InChI is InChI=1S/C24H26N4O3/c25-23(31)24(16-28-17-26-20-9-5-4-8-19(20)22(28)30)12-14-27(15-13-24)21(29)11-10-18-6-2-1-3-7-18/h1-9,17H,10-16H2,(H2,25,31). The molecule has 1 saturated heterocycles. The molecule has 7 heteroatoms. The Kier molecular flexibility index (Phi) is 5.84. The van der Waals surface area contributed by atoms with E-state index in [1.54, 1.807) is 23.1 Å². The number of rotatable bonds is 6. The van der Waals surface area contributed by atoms with Crippen LogP contribution in [0, 0.1) is 5.41 Å². The lowest BCUT2D eigenvalue weighted by Gasteiger charge is -2.40. The molecule has 2 N–H and O–H groups in total. The summed E-state index contributed by atoms with van der Waals surface area (Å²) < 4.78 is 1.47. The number of amides is 2. The maximum Gasteiger partial charge on any atom is 0.261 e. The summed E-state index contributed by atoms with van der Waals surface area (Å²) in [5.41, 5.74) is 6.48. The Hall–Kier alpha value is -3.48. The maximum absolute atomic E-state index is 12.9. The SMILES string of the molecule is NC(=O)C1(Cn2cnc3ccccc3c2=O)CCN(C(=O)CCc2ccccc2)CC1. The highest BCUT2D eigenvalue weighted by molar-refractivity contribution is 5.82. The second kappa shape index (κ2) is 8.71. The molecule has 1 aliphatic heterocycles. The number of nitrogens with zero attached hydrogens (tertiary/aromatic N) is 3. The quantitative estimate of drug-likeness (QED) is 0.663. The fourth-order valence-electron chi connectivity index (χ4n) is 4.27. The van der Waals surface area contributed by atoms with Gasteiger partial charge in [0, 0.05) is 26.1 Å². The fourth-order valence-corrected chi connectivity index (χ4v) is 4.27. The number of primary amides is 1. The minimum atomic E-state index is -0.871. The first-order chi connectivity index (χ1) is 15.0. The number of benzene rings is 2. The van der Waals surface area contributed by atoms with Crippen molar-refractivity contribution in [3.8, 4) is 0 Å². The Balaban J connectivity index is 1.44. The zero-order chi connectivity index (χ0) is 21.8. The normalized spacial score (nSPS) is 15.7. The van der Waals surface area contributed by atoms with Gasteiger partial charge in [-0.15, -0.1) is 0 Å². The lowest BCUT2D eigenvalue weighted by Crippen LogP contribution is -2.51. The summed E-state index contributed by atoms with van der Waals surface area (Å²) in [6.45, 7) is 1.07. The number of nitrogens with two attached hydrogens (primary N) is 1. The second-order valence-corrected chi connectivity index (χ2v) is 8.21. The van der Waals surface area contributed by atoms with Crippen LogP contribution >= 0.6 is 0 Å². The van der Waals surface area contributed by atoms with Crippen molar-refractivity contribution in [2.24, 2.45) is 11.1 Å². The molecule has 31 heavy (non-hydrogen) atoms. The van der Waals surface area contributed by atoms with Crippen LogP contribution in [-0.4, -0.2) is 39.4 Å². The highest BCUT2D eigenvalue weighted by Crippen LogP contribution is 2.33. The number of hydrogen-bond donors (Lipinski definition) is 1. The van der Waals surface area contributed by atoms with E-state index in [2.05, 4.69) is 4.98 Å². The van der Waals surface area contributed by atoms with E-state index >= 15 is 0 Å². The number of aryl methyl sites for hydroxylation is 1. The number of carbonyl (C=O) groups is 2. The molecule has 0 atom stereocenters. The second-order valence-electron chi connectivity index (χ2n) is 8.21. The Morgan fingerprint density at radius 2 is 1.68 bits per heavy atom. The Morgan fingerprint density at radius 3 is 2.39 bits per heavy atom. The molecule has 1 aromatic heterocycles. The first-order valence-electron chi connectivity index (χ1n) is 10.5. The van der Waals surface area contributed by atoms with Crippen molar-refractivity contribution in [3.63, 3.8) is 0 Å². The van der Waals surface area contributed by atoms with Gasteiger partial charge in [-0.2, -0.15) is 0 Å². The van der Waals surface area contributed by atoms with Gasteiger partial charge in [-0.05, 0) is 37.0 Å². The maximum atomic E-state index is 12.9. The predicted molar refractivity (Wildman–Crippen MR) is 118 cm³/mol. The number of para-hydroxylation sites is 1. The summed E-state index contributed by atoms with van der Waals surface area (Å²) in [6.07, 6.45) is 3.46. The minimum Gasteiger partial charge on any atom is -0.369 e. The predicted octanol–water partition coefficient (Wildman–Crippen LogP) is 2.12. The van der Waals surface area contributed by atoms with Crippen molar-refractivity contribution in [2.75, 3.05) is 13.1 Å². The molecule has 7 nitrogen and oxygen atoms in total. The van der Waals surface area contributed by atoms with Crippen molar-refractivity contribution < 1.29 is 9.59 Å². The van der Waals surface area contributed by atoms with Crippen LogP contribution in [0.4, 0.5) is 0 Å². The van der Waals surface area contributed by atoms with Crippen LogP contribution in [-0.2, 0) is 22.6 Å². The van der Waals surface area contributed by atoms with Gasteiger partial charge in [-0.25, -0.2) is 4.98 Å². The third-order valence-corrected chi connectivity index (χ3v) is 6.27. The number of hydrogen-bond acceptors (Lipinski definition) is 4. The molecule has 0 aliphatic carbocycles. The summed E-state index contributed by atoms with van der Waals surface area (Å²) in [5.74, 6) is -0.365. The molecule has 0 radical (unpaired) electrons. The zero-order valence-corrected chi connectivity index (χ0v) is 17.4. The molecule has 2 heterocycles. The fraction of sp³-hybridized carbons (Fsp3) is 0.333. The topological polar surface area (TPSA) is 98.3 Å². The monoisotopic (exact) mass is 418 g/mol. The van der Waals surface area contributed by atoms with E-state index in [9.17, 15) is 14.4 Å². The number of piperidine rings is 1. The average Bonchev–Trinajstić information content (AvgIpc) is 2.80. The molecule has 0 bridgehead atoms. The largest absolute Gasteiger partial charge is 0.369 e. The van der Waals surface area contributed by atoms with Gasteiger partial charge in [0.05, 0.1) is 22.6 Å². The van der Waals surface area contributed by atoms with Gasteiger partial charge in [0.15, 0.2) is 0 Å². The van der Waals surface area contributed by atoms with Crippen molar-refractivity contribution in [3.05, 3.63) is 76.8 Å². The van der Waals surface area contributed by atoms with Crippen LogP contribution in [0.2, 0.25) is 0 Å². The van der Waals surface area contributed by atoms with Crippen molar-refractivity contribution in [1.82, 2.24) is 14.5 Å². The van der Waals surface area contributed by atoms with E-state index in [-0.39, 0.29) is 18.0 Å². The van der Waals surface area contributed by atoms with Crippen LogP contribution in [0.25, 0.3) is 10.9 Å². The summed E-state index contributed by atoms with van der Waals surface area (Å²) in [4.78, 5) is 44.1. The minimum absolute atomic E-state index is 0.0754. The van der Waals surface area contributed by atoms with Crippen LogP contribution in [0.15, 0.2) is 65.7 Å². The Morgan fingerprint density at radius 1 is 1.00 bits per heavy atom. The number of fused-ring (bicyclic) bond motifs is 1. The van der Waals surface area contributed by atoms with E-state index in [1.165, 1.54) is 10.9 Å². The lowest BCUT2D eigenvalue weighted by atomic mass is 9.77.